The van der Waals surface area contributed by atoms with Gasteiger partial charge in [0.05, 0.1) is 0 Å². The predicted octanol–water partition coefficient (Wildman–Crippen LogP) is 0.0708. The van der Waals surface area contributed by atoms with Crippen molar-refractivity contribution in [2.24, 2.45) is 11.7 Å². The number of amides is 2. The Morgan fingerprint density at radius 3 is 2.53 bits per heavy atom. The first-order valence-electron chi connectivity index (χ1n) is 6.67. The first kappa shape index (κ1) is 12.6. The van der Waals surface area contributed by atoms with E-state index in [2.05, 4.69) is 17.1 Å². The molecule has 0 radical (unpaired) electrons. The van der Waals surface area contributed by atoms with Gasteiger partial charge in [-0.15, -0.1) is 0 Å². The summed E-state index contributed by atoms with van der Waals surface area (Å²) in [6.45, 7) is 7.60. The maximum atomic E-state index is 11.8. The second kappa shape index (κ2) is 5.69. The van der Waals surface area contributed by atoms with E-state index < -0.39 is 0 Å². The number of carbonyl (C=O) groups is 1. The van der Waals surface area contributed by atoms with E-state index in [1.165, 1.54) is 0 Å². The molecule has 0 aromatic rings. The summed E-state index contributed by atoms with van der Waals surface area (Å²) in [7, 11) is 0. The number of hydrogen-bond acceptors (Lipinski definition) is 3. The fourth-order valence-electron chi connectivity index (χ4n) is 2.14. The third kappa shape index (κ3) is 3.85. The molecule has 98 valence electrons. The molecule has 2 rings (SSSR count). The summed E-state index contributed by atoms with van der Waals surface area (Å²) in [5, 5.41) is 3.04. The van der Waals surface area contributed by atoms with Gasteiger partial charge < -0.3 is 16.0 Å². The second-order valence-electron chi connectivity index (χ2n) is 5.35. The number of carbonyl (C=O) groups excluding carboxylic acids is 1. The van der Waals surface area contributed by atoms with Crippen LogP contribution in [0.2, 0.25) is 0 Å². The lowest BCUT2D eigenvalue weighted by Gasteiger charge is -2.35. The Balaban J connectivity index is 1.67. The number of hydrogen-bond donors (Lipinski definition) is 2. The Morgan fingerprint density at radius 2 is 2.00 bits per heavy atom. The first-order chi connectivity index (χ1) is 8.19. The van der Waals surface area contributed by atoms with Gasteiger partial charge in [-0.3, -0.25) is 4.90 Å². The van der Waals surface area contributed by atoms with Crippen LogP contribution in [0, 0.1) is 5.92 Å². The molecule has 2 amide bonds. The van der Waals surface area contributed by atoms with Crippen molar-refractivity contribution in [1.82, 2.24) is 15.1 Å². The third-order valence-electron chi connectivity index (χ3n) is 3.54. The number of rotatable bonds is 4. The quantitative estimate of drug-likeness (QED) is 0.731. The van der Waals surface area contributed by atoms with Crippen molar-refractivity contribution in [3.63, 3.8) is 0 Å². The van der Waals surface area contributed by atoms with Crippen LogP contribution in [0.25, 0.3) is 0 Å². The van der Waals surface area contributed by atoms with Gasteiger partial charge in [0.15, 0.2) is 0 Å². The summed E-state index contributed by atoms with van der Waals surface area (Å²) in [4.78, 5) is 16.1. The van der Waals surface area contributed by atoms with E-state index >= 15 is 0 Å². The van der Waals surface area contributed by atoms with Crippen LogP contribution in [0.3, 0.4) is 0 Å². The lowest BCUT2D eigenvalue weighted by molar-refractivity contribution is 0.130. The molecule has 3 N–H and O–H groups in total. The molecule has 1 heterocycles. The van der Waals surface area contributed by atoms with Gasteiger partial charge in [0.25, 0.3) is 0 Å². The molecule has 2 fully saturated rings. The molecule has 5 nitrogen and oxygen atoms in total. The Kier molecular flexibility index (Phi) is 4.23. The molecule has 1 aliphatic heterocycles. The number of urea groups is 1. The van der Waals surface area contributed by atoms with Gasteiger partial charge in [0, 0.05) is 38.8 Å². The number of piperazine rings is 1. The number of nitrogens with zero attached hydrogens (tertiary/aromatic N) is 2. The van der Waals surface area contributed by atoms with Gasteiger partial charge in [-0.05, 0) is 25.3 Å². The number of nitrogens with one attached hydrogen (secondary N) is 1. The van der Waals surface area contributed by atoms with Crippen LogP contribution < -0.4 is 11.1 Å². The molecule has 0 aromatic heterocycles. The van der Waals surface area contributed by atoms with Crippen LogP contribution in [-0.2, 0) is 0 Å². The molecule has 0 bridgehead atoms. The van der Waals surface area contributed by atoms with Crippen LogP contribution in [0.1, 0.15) is 19.8 Å². The van der Waals surface area contributed by atoms with Crippen LogP contribution in [0.5, 0.6) is 0 Å². The van der Waals surface area contributed by atoms with Gasteiger partial charge in [-0.2, -0.15) is 0 Å². The Morgan fingerprint density at radius 1 is 1.35 bits per heavy atom. The standard InChI is InChI=1S/C12H24N4O/c1-10(8-13)9-15-4-6-16(7-5-15)12(17)14-11-2-3-11/h10-11H,2-9,13H2,1H3,(H,14,17). The molecular formula is C12H24N4O. The SMILES string of the molecule is CC(CN)CN1CCN(C(=O)NC2CC2)CC1. The van der Waals surface area contributed by atoms with Crippen molar-refractivity contribution in [3.05, 3.63) is 0 Å². The molecule has 0 aromatic carbocycles. The lowest BCUT2D eigenvalue weighted by atomic mass is 10.1. The normalized spacial score (nSPS) is 23.5. The highest BCUT2D eigenvalue weighted by Gasteiger charge is 2.27. The minimum absolute atomic E-state index is 0.124. The zero-order valence-electron chi connectivity index (χ0n) is 10.7. The Hall–Kier alpha value is -0.810. The van der Waals surface area contributed by atoms with E-state index in [1.807, 2.05) is 4.90 Å². The summed E-state index contributed by atoms with van der Waals surface area (Å²) in [5.74, 6) is 0.543. The maximum absolute atomic E-state index is 11.8. The fraction of sp³-hybridized carbons (Fsp3) is 0.917. The second-order valence-corrected chi connectivity index (χ2v) is 5.35. The van der Waals surface area contributed by atoms with E-state index in [0.717, 1.165) is 52.1 Å². The lowest BCUT2D eigenvalue weighted by Crippen LogP contribution is -2.53. The highest BCUT2D eigenvalue weighted by atomic mass is 16.2. The van der Waals surface area contributed by atoms with Gasteiger partial charge in [-0.25, -0.2) is 4.79 Å². The minimum atomic E-state index is 0.124. The average molecular weight is 240 g/mol. The summed E-state index contributed by atoms with van der Waals surface area (Å²) in [6.07, 6.45) is 2.30. The smallest absolute Gasteiger partial charge is 0.317 e. The molecule has 1 saturated heterocycles. The highest BCUT2D eigenvalue weighted by Crippen LogP contribution is 2.19. The van der Waals surface area contributed by atoms with Gasteiger partial charge in [-0.1, -0.05) is 6.92 Å². The molecule has 17 heavy (non-hydrogen) atoms. The van der Waals surface area contributed by atoms with E-state index in [0.29, 0.717) is 12.0 Å². The Bertz CT molecular complexity index is 259. The van der Waals surface area contributed by atoms with Crippen molar-refractivity contribution < 1.29 is 4.79 Å². The van der Waals surface area contributed by atoms with E-state index in [1.54, 1.807) is 0 Å². The molecule has 2 aliphatic rings. The Labute approximate surface area is 103 Å². The van der Waals surface area contributed by atoms with Crippen molar-refractivity contribution in [2.45, 2.75) is 25.8 Å². The summed E-state index contributed by atoms with van der Waals surface area (Å²) >= 11 is 0. The zero-order valence-corrected chi connectivity index (χ0v) is 10.7. The van der Waals surface area contributed by atoms with Crippen molar-refractivity contribution in [1.29, 1.82) is 0 Å². The fourth-order valence-corrected chi connectivity index (χ4v) is 2.14. The highest BCUT2D eigenvalue weighted by molar-refractivity contribution is 5.75. The third-order valence-corrected chi connectivity index (χ3v) is 3.54. The molecule has 5 heteroatoms. The summed E-state index contributed by atoms with van der Waals surface area (Å²) in [6, 6.07) is 0.580. The van der Waals surface area contributed by atoms with Crippen LogP contribution in [0.15, 0.2) is 0 Å². The predicted molar refractivity (Wildman–Crippen MR) is 67.8 cm³/mol. The minimum Gasteiger partial charge on any atom is -0.335 e. The molecule has 0 spiro atoms. The summed E-state index contributed by atoms with van der Waals surface area (Å²) in [5.41, 5.74) is 5.63. The van der Waals surface area contributed by atoms with Crippen molar-refractivity contribution in [3.8, 4) is 0 Å². The van der Waals surface area contributed by atoms with E-state index in [-0.39, 0.29) is 6.03 Å². The molecule has 1 atom stereocenters. The first-order valence-corrected chi connectivity index (χ1v) is 6.67. The van der Waals surface area contributed by atoms with E-state index in [9.17, 15) is 4.79 Å². The van der Waals surface area contributed by atoms with E-state index in [4.69, 9.17) is 5.73 Å². The van der Waals surface area contributed by atoms with Gasteiger partial charge in [0.1, 0.15) is 0 Å². The molecular weight excluding hydrogens is 216 g/mol. The molecule has 1 saturated carbocycles. The number of nitrogens with two attached hydrogens (primary N) is 1. The summed E-state index contributed by atoms with van der Waals surface area (Å²) < 4.78 is 0. The maximum Gasteiger partial charge on any atom is 0.317 e. The van der Waals surface area contributed by atoms with Crippen LogP contribution in [-0.4, -0.2) is 61.1 Å². The molecule has 1 aliphatic carbocycles. The molecule has 1 unspecified atom stereocenters. The van der Waals surface area contributed by atoms with Gasteiger partial charge >= 0.3 is 6.03 Å². The average Bonchev–Trinajstić information content (AvgIpc) is 3.13. The van der Waals surface area contributed by atoms with Crippen LogP contribution >= 0.6 is 0 Å². The van der Waals surface area contributed by atoms with Crippen molar-refractivity contribution >= 4 is 6.03 Å². The van der Waals surface area contributed by atoms with Gasteiger partial charge in [0.2, 0.25) is 0 Å². The topological polar surface area (TPSA) is 61.6 Å². The zero-order chi connectivity index (χ0) is 12.3. The largest absolute Gasteiger partial charge is 0.335 e. The van der Waals surface area contributed by atoms with Crippen LogP contribution in [0.4, 0.5) is 4.79 Å². The monoisotopic (exact) mass is 240 g/mol. The van der Waals surface area contributed by atoms with Crippen molar-refractivity contribution in [2.75, 3.05) is 39.3 Å².